The molecule has 2 heterocycles. The Balaban J connectivity index is 1.16. The van der Waals surface area contributed by atoms with Gasteiger partial charge in [0.05, 0.1) is 16.7 Å². The molecule has 0 aliphatic rings. The molecule has 3 heteroatoms. The predicted octanol–water partition coefficient (Wildman–Crippen LogP) is 14.2. The van der Waals surface area contributed by atoms with Gasteiger partial charge in [0.2, 0.25) is 0 Å². The second-order valence-corrected chi connectivity index (χ2v) is 14.5. The zero-order chi connectivity index (χ0) is 37.7. The Labute approximate surface area is 330 Å². The predicted molar refractivity (Wildman–Crippen MR) is 239 cm³/mol. The Morgan fingerprint density at radius 3 is 1.54 bits per heavy atom. The summed E-state index contributed by atoms with van der Waals surface area (Å²) in [5, 5.41) is 7.11. The van der Waals surface area contributed by atoms with E-state index < -0.39 is 0 Å². The van der Waals surface area contributed by atoms with Gasteiger partial charge in [-0.3, -0.25) is 4.57 Å². The van der Waals surface area contributed by atoms with E-state index in [2.05, 4.69) is 217 Å². The number of hydrogen-bond donors (Lipinski definition) is 0. The summed E-state index contributed by atoms with van der Waals surface area (Å²) in [6.07, 6.45) is 0. The fourth-order valence-corrected chi connectivity index (χ4v) is 8.63. The van der Waals surface area contributed by atoms with Crippen molar-refractivity contribution in [3.8, 4) is 61.8 Å². The van der Waals surface area contributed by atoms with Crippen molar-refractivity contribution in [2.75, 3.05) is 0 Å². The lowest BCUT2D eigenvalue weighted by atomic mass is 9.88. The molecule has 0 saturated carbocycles. The SMILES string of the molecule is c1ccc(-c2cccc(-c3cc(-n4c5ccccc5c5ccccc54)nc(-c4ccc(-c5cccc6cccc(-c7ccccc7)c56)c5ccccc45)n3)c2)cc1. The summed E-state index contributed by atoms with van der Waals surface area (Å²) in [5.41, 5.74) is 12.2. The number of hydrogen-bond acceptors (Lipinski definition) is 2. The van der Waals surface area contributed by atoms with Crippen LogP contribution in [0.5, 0.6) is 0 Å². The van der Waals surface area contributed by atoms with Gasteiger partial charge in [-0.05, 0) is 79.2 Å². The van der Waals surface area contributed by atoms with Crippen LogP contribution >= 0.6 is 0 Å². The second-order valence-electron chi connectivity index (χ2n) is 14.5. The van der Waals surface area contributed by atoms with Crippen LogP contribution in [0.15, 0.2) is 212 Å². The third kappa shape index (κ3) is 5.60. The molecule has 57 heavy (non-hydrogen) atoms. The molecule has 0 aliphatic carbocycles. The smallest absolute Gasteiger partial charge is 0.162 e. The summed E-state index contributed by atoms with van der Waals surface area (Å²) in [6, 6.07) is 75.7. The Morgan fingerprint density at radius 2 is 0.842 bits per heavy atom. The third-order valence-corrected chi connectivity index (χ3v) is 11.2. The van der Waals surface area contributed by atoms with Gasteiger partial charge < -0.3 is 0 Å². The molecular formula is C54H35N3. The highest BCUT2D eigenvalue weighted by Gasteiger charge is 2.19. The van der Waals surface area contributed by atoms with Gasteiger partial charge in [-0.2, -0.15) is 0 Å². The zero-order valence-corrected chi connectivity index (χ0v) is 31.0. The minimum Gasteiger partial charge on any atom is -0.294 e. The van der Waals surface area contributed by atoms with Crippen molar-refractivity contribution in [1.29, 1.82) is 0 Å². The van der Waals surface area contributed by atoms with Crippen LogP contribution in [0.3, 0.4) is 0 Å². The van der Waals surface area contributed by atoms with E-state index in [9.17, 15) is 0 Å². The van der Waals surface area contributed by atoms with E-state index in [0.717, 1.165) is 50.0 Å². The van der Waals surface area contributed by atoms with Crippen LogP contribution in [0.4, 0.5) is 0 Å². The monoisotopic (exact) mass is 725 g/mol. The molecule has 0 fully saturated rings. The van der Waals surface area contributed by atoms with E-state index in [1.54, 1.807) is 0 Å². The van der Waals surface area contributed by atoms with E-state index in [-0.39, 0.29) is 0 Å². The van der Waals surface area contributed by atoms with Gasteiger partial charge >= 0.3 is 0 Å². The molecule has 266 valence electrons. The lowest BCUT2D eigenvalue weighted by molar-refractivity contribution is 1.05. The summed E-state index contributed by atoms with van der Waals surface area (Å²) < 4.78 is 2.29. The first-order valence-electron chi connectivity index (χ1n) is 19.4. The Hall–Kier alpha value is -7.62. The van der Waals surface area contributed by atoms with Crippen LogP contribution in [0.1, 0.15) is 0 Å². The van der Waals surface area contributed by atoms with Crippen molar-refractivity contribution in [2.24, 2.45) is 0 Å². The number of rotatable bonds is 6. The first kappa shape index (κ1) is 32.8. The molecule has 11 rings (SSSR count). The van der Waals surface area contributed by atoms with E-state index >= 15 is 0 Å². The van der Waals surface area contributed by atoms with E-state index in [1.165, 1.54) is 49.4 Å². The zero-order valence-electron chi connectivity index (χ0n) is 31.0. The molecule has 0 atom stereocenters. The first-order chi connectivity index (χ1) is 28.3. The van der Waals surface area contributed by atoms with Crippen molar-refractivity contribution in [1.82, 2.24) is 14.5 Å². The largest absolute Gasteiger partial charge is 0.294 e. The molecule has 3 nitrogen and oxygen atoms in total. The average molecular weight is 726 g/mol. The van der Waals surface area contributed by atoms with Crippen molar-refractivity contribution >= 4 is 43.4 Å². The Morgan fingerprint density at radius 1 is 0.316 bits per heavy atom. The molecule has 2 aromatic heterocycles. The lowest BCUT2D eigenvalue weighted by Gasteiger charge is -2.17. The summed E-state index contributed by atoms with van der Waals surface area (Å²) >= 11 is 0. The van der Waals surface area contributed by atoms with Gasteiger partial charge in [0.15, 0.2) is 5.82 Å². The standard InChI is InChI=1S/C54H35N3/c1-3-16-36(17-4-1)39-22-13-23-40(34-39)49-35-52(57-50-30-11-9-26-45(50)46-27-10-12-31-51(46)57)56-54(55-49)48-33-32-44(42-24-7-8-25-43(42)48)47-29-15-21-38-20-14-28-41(53(38)47)37-18-5-2-6-19-37/h1-35H. The molecule has 0 amide bonds. The van der Waals surface area contributed by atoms with E-state index in [1.807, 2.05) is 0 Å². The summed E-state index contributed by atoms with van der Waals surface area (Å²) in [7, 11) is 0. The summed E-state index contributed by atoms with van der Waals surface area (Å²) in [5.74, 6) is 1.51. The number of fused-ring (bicyclic) bond motifs is 5. The third-order valence-electron chi connectivity index (χ3n) is 11.2. The van der Waals surface area contributed by atoms with Gasteiger partial charge in [0.1, 0.15) is 5.82 Å². The van der Waals surface area contributed by atoms with Crippen LogP contribution < -0.4 is 0 Å². The molecular weight excluding hydrogens is 691 g/mol. The molecule has 0 N–H and O–H groups in total. The maximum Gasteiger partial charge on any atom is 0.162 e. The van der Waals surface area contributed by atoms with Crippen LogP contribution in [0, 0.1) is 0 Å². The van der Waals surface area contributed by atoms with E-state index in [4.69, 9.17) is 9.97 Å². The topological polar surface area (TPSA) is 30.7 Å². The van der Waals surface area contributed by atoms with Gasteiger partial charge in [0.25, 0.3) is 0 Å². The average Bonchev–Trinajstić information content (AvgIpc) is 3.63. The van der Waals surface area contributed by atoms with Crippen molar-refractivity contribution in [2.45, 2.75) is 0 Å². The first-order valence-corrected chi connectivity index (χ1v) is 19.4. The van der Waals surface area contributed by atoms with Crippen LogP contribution in [-0.2, 0) is 0 Å². The number of nitrogens with zero attached hydrogens (tertiary/aromatic N) is 3. The maximum absolute atomic E-state index is 5.46. The molecule has 0 radical (unpaired) electrons. The quantitative estimate of drug-likeness (QED) is 0.171. The highest BCUT2D eigenvalue weighted by atomic mass is 15.1. The van der Waals surface area contributed by atoms with E-state index in [0.29, 0.717) is 5.82 Å². The molecule has 0 saturated heterocycles. The fraction of sp³-hybridized carbons (Fsp3) is 0. The van der Waals surface area contributed by atoms with Crippen LogP contribution in [-0.4, -0.2) is 14.5 Å². The lowest BCUT2D eigenvalue weighted by Crippen LogP contribution is -2.03. The molecule has 0 bridgehead atoms. The van der Waals surface area contributed by atoms with Gasteiger partial charge in [-0.25, -0.2) is 9.97 Å². The van der Waals surface area contributed by atoms with Crippen molar-refractivity contribution < 1.29 is 0 Å². The normalized spacial score (nSPS) is 11.5. The molecule has 0 unspecified atom stereocenters. The number of para-hydroxylation sites is 2. The van der Waals surface area contributed by atoms with Crippen LogP contribution in [0.25, 0.3) is 105 Å². The molecule has 0 spiro atoms. The van der Waals surface area contributed by atoms with Crippen LogP contribution in [0.2, 0.25) is 0 Å². The number of aromatic nitrogens is 3. The molecule has 11 aromatic rings. The molecule has 0 aliphatic heterocycles. The minimum atomic E-state index is 0.681. The van der Waals surface area contributed by atoms with Crippen molar-refractivity contribution in [3.63, 3.8) is 0 Å². The van der Waals surface area contributed by atoms with Gasteiger partial charge in [0, 0.05) is 28.0 Å². The summed E-state index contributed by atoms with van der Waals surface area (Å²) in [4.78, 5) is 10.9. The Kier molecular flexibility index (Phi) is 7.82. The Bertz CT molecular complexity index is 3230. The number of benzene rings is 9. The maximum atomic E-state index is 5.46. The van der Waals surface area contributed by atoms with Gasteiger partial charge in [-0.15, -0.1) is 0 Å². The highest BCUT2D eigenvalue weighted by Crippen LogP contribution is 2.42. The fourth-order valence-electron chi connectivity index (χ4n) is 8.63. The molecule has 9 aromatic carbocycles. The minimum absolute atomic E-state index is 0.681. The highest BCUT2D eigenvalue weighted by molar-refractivity contribution is 6.13. The second kappa shape index (κ2) is 13.6. The van der Waals surface area contributed by atoms with Crippen molar-refractivity contribution in [3.05, 3.63) is 212 Å². The summed E-state index contributed by atoms with van der Waals surface area (Å²) in [6.45, 7) is 0. The van der Waals surface area contributed by atoms with Gasteiger partial charge in [-0.1, -0.05) is 182 Å².